The van der Waals surface area contributed by atoms with Gasteiger partial charge in [-0.2, -0.15) is 5.10 Å². The lowest BCUT2D eigenvalue weighted by Gasteiger charge is -2.06. The minimum atomic E-state index is -0.302. The molecule has 3 rings (SSSR count). The second kappa shape index (κ2) is 6.03. The Morgan fingerprint density at radius 1 is 1.27 bits per heavy atom. The SMILES string of the molecule is Cc1ccc2c(NC(=O)COc3ccc(Cl)cc3)n[nH]c2n1. The van der Waals surface area contributed by atoms with Gasteiger partial charge in [0.05, 0.1) is 5.39 Å². The summed E-state index contributed by atoms with van der Waals surface area (Å²) in [7, 11) is 0. The Balaban J connectivity index is 1.64. The highest BCUT2D eigenvalue weighted by Crippen LogP contribution is 2.19. The van der Waals surface area contributed by atoms with Crippen LogP contribution in [-0.4, -0.2) is 27.7 Å². The van der Waals surface area contributed by atoms with Crippen LogP contribution in [0.1, 0.15) is 5.69 Å². The Morgan fingerprint density at radius 2 is 2.05 bits per heavy atom. The molecular formula is C15H13ClN4O2. The minimum Gasteiger partial charge on any atom is -0.484 e. The summed E-state index contributed by atoms with van der Waals surface area (Å²) in [4.78, 5) is 16.2. The van der Waals surface area contributed by atoms with Gasteiger partial charge in [0.15, 0.2) is 18.1 Å². The first kappa shape index (κ1) is 14.3. The number of nitrogens with zero attached hydrogens (tertiary/aromatic N) is 2. The highest BCUT2D eigenvalue weighted by Gasteiger charge is 2.10. The van der Waals surface area contributed by atoms with Gasteiger partial charge in [-0.1, -0.05) is 11.6 Å². The van der Waals surface area contributed by atoms with E-state index in [9.17, 15) is 4.79 Å². The number of carbonyl (C=O) groups is 1. The van der Waals surface area contributed by atoms with Gasteiger partial charge in [0.1, 0.15) is 5.75 Å². The first-order chi connectivity index (χ1) is 10.6. The maximum Gasteiger partial charge on any atom is 0.263 e. The van der Waals surface area contributed by atoms with E-state index in [2.05, 4.69) is 20.5 Å². The summed E-state index contributed by atoms with van der Waals surface area (Å²) in [5, 5.41) is 10.9. The summed E-state index contributed by atoms with van der Waals surface area (Å²) >= 11 is 5.78. The molecular weight excluding hydrogens is 304 g/mol. The number of amides is 1. The topological polar surface area (TPSA) is 79.9 Å². The Kier molecular flexibility index (Phi) is 3.93. The van der Waals surface area contributed by atoms with Crippen LogP contribution in [-0.2, 0) is 4.79 Å². The molecule has 3 aromatic rings. The molecule has 1 aromatic carbocycles. The molecule has 1 amide bonds. The van der Waals surface area contributed by atoms with E-state index in [-0.39, 0.29) is 12.5 Å². The number of ether oxygens (including phenoxy) is 1. The maximum atomic E-state index is 11.9. The Labute approximate surface area is 131 Å². The number of anilines is 1. The van der Waals surface area contributed by atoms with Crippen molar-refractivity contribution >= 4 is 34.4 Å². The van der Waals surface area contributed by atoms with Crippen molar-refractivity contribution in [2.45, 2.75) is 6.92 Å². The first-order valence-electron chi connectivity index (χ1n) is 6.62. The smallest absolute Gasteiger partial charge is 0.263 e. The van der Waals surface area contributed by atoms with E-state index in [1.54, 1.807) is 24.3 Å². The van der Waals surface area contributed by atoms with Crippen molar-refractivity contribution in [1.82, 2.24) is 15.2 Å². The van der Waals surface area contributed by atoms with Crippen molar-refractivity contribution in [3.8, 4) is 5.75 Å². The van der Waals surface area contributed by atoms with Crippen molar-refractivity contribution in [2.24, 2.45) is 0 Å². The zero-order valence-corrected chi connectivity index (χ0v) is 12.5. The summed E-state index contributed by atoms with van der Waals surface area (Å²) in [5.41, 5.74) is 1.51. The summed E-state index contributed by atoms with van der Waals surface area (Å²) < 4.78 is 5.38. The van der Waals surface area contributed by atoms with Gasteiger partial charge < -0.3 is 10.1 Å². The van der Waals surface area contributed by atoms with Gasteiger partial charge in [0, 0.05) is 10.7 Å². The minimum absolute atomic E-state index is 0.116. The van der Waals surface area contributed by atoms with Crippen molar-refractivity contribution in [1.29, 1.82) is 0 Å². The summed E-state index contributed by atoms with van der Waals surface area (Å²) in [6, 6.07) is 10.5. The number of H-pyrrole nitrogens is 1. The number of fused-ring (bicyclic) bond motifs is 1. The van der Waals surface area contributed by atoms with E-state index >= 15 is 0 Å². The van der Waals surface area contributed by atoms with Crippen molar-refractivity contribution < 1.29 is 9.53 Å². The number of carbonyl (C=O) groups excluding carboxylic acids is 1. The molecule has 0 radical (unpaired) electrons. The molecule has 112 valence electrons. The molecule has 0 aliphatic rings. The van der Waals surface area contributed by atoms with E-state index in [1.165, 1.54) is 0 Å². The standard InChI is InChI=1S/C15H13ClN4O2/c1-9-2-7-12-14(17-9)19-20-15(12)18-13(21)8-22-11-5-3-10(16)4-6-11/h2-7H,8H2,1H3,(H2,17,18,19,20,21). The molecule has 7 heteroatoms. The number of aromatic nitrogens is 3. The second-order valence-electron chi connectivity index (χ2n) is 4.71. The number of hydrogen-bond acceptors (Lipinski definition) is 4. The van der Waals surface area contributed by atoms with Crippen molar-refractivity contribution in [3.05, 3.63) is 47.1 Å². The number of pyridine rings is 1. The number of nitrogens with one attached hydrogen (secondary N) is 2. The molecule has 0 unspecified atom stereocenters. The average molecular weight is 317 g/mol. The van der Waals surface area contributed by atoms with E-state index < -0.39 is 0 Å². The number of aromatic amines is 1. The lowest BCUT2D eigenvalue weighted by atomic mass is 10.3. The van der Waals surface area contributed by atoms with Gasteiger partial charge in [-0.15, -0.1) is 0 Å². The maximum absolute atomic E-state index is 11.9. The number of rotatable bonds is 4. The number of halogens is 1. The van der Waals surface area contributed by atoms with E-state index in [0.29, 0.717) is 22.2 Å². The van der Waals surface area contributed by atoms with Crippen LogP contribution in [0.4, 0.5) is 5.82 Å². The lowest BCUT2D eigenvalue weighted by Crippen LogP contribution is -2.20. The fourth-order valence-electron chi connectivity index (χ4n) is 1.95. The molecule has 0 spiro atoms. The highest BCUT2D eigenvalue weighted by molar-refractivity contribution is 6.30. The van der Waals surface area contributed by atoms with E-state index in [0.717, 1.165) is 11.1 Å². The second-order valence-corrected chi connectivity index (χ2v) is 5.15. The molecule has 0 aliphatic heterocycles. The summed E-state index contributed by atoms with van der Waals surface area (Å²) in [6.07, 6.45) is 0. The fourth-order valence-corrected chi connectivity index (χ4v) is 2.07. The molecule has 2 aromatic heterocycles. The van der Waals surface area contributed by atoms with Gasteiger partial charge in [-0.05, 0) is 43.3 Å². The van der Waals surface area contributed by atoms with Crippen LogP contribution in [0.25, 0.3) is 11.0 Å². The molecule has 22 heavy (non-hydrogen) atoms. The largest absolute Gasteiger partial charge is 0.484 e. The van der Waals surface area contributed by atoms with Gasteiger partial charge in [-0.25, -0.2) is 4.98 Å². The van der Waals surface area contributed by atoms with Crippen LogP contribution < -0.4 is 10.1 Å². The average Bonchev–Trinajstić information content (AvgIpc) is 2.89. The number of aryl methyl sites for hydroxylation is 1. The molecule has 0 bridgehead atoms. The quantitative estimate of drug-likeness (QED) is 0.775. The van der Waals surface area contributed by atoms with Crippen LogP contribution in [0.5, 0.6) is 5.75 Å². The molecule has 0 saturated heterocycles. The normalized spacial score (nSPS) is 10.6. The van der Waals surface area contributed by atoms with Crippen molar-refractivity contribution in [2.75, 3.05) is 11.9 Å². The zero-order valence-electron chi connectivity index (χ0n) is 11.8. The van der Waals surface area contributed by atoms with Crippen LogP contribution in [0.2, 0.25) is 5.02 Å². The Bertz CT molecular complexity index is 814. The fraction of sp³-hybridized carbons (Fsp3) is 0.133. The molecule has 2 heterocycles. The molecule has 0 saturated carbocycles. The predicted molar refractivity (Wildman–Crippen MR) is 84.2 cm³/mol. The van der Waals surface area contributed by atoms with E-state index in [4.69, 9.17) is 16.3 Å². The third-order valence-electron chi connectivity index (χ3n) is 3.00. The monoisotopic (exact) mass is 316 g/mol. The first-order valence-corrected chi connectivity index (χ1v) is 6.99. The summed E-state index contributed by atoms with van der Waals surface area (Å²) in [5.74, 6) is 0.708. The van der Waals surface area contributed by atoms with Crippen LogP contribution in [0.15, 0.2) is 36.4 Å². The third kappa shape index (κ3) is 3.17. The Morgan fingerprint density at radius 3 is 2.82 bits per heavy atom. The van der Waals surface area contributed by atoms with Gasteiger partial charge in [0.25, 0.3) is 5.91 Å². The third-order valence-corrected chi connectivity index (χ3v) is 3.26. The number of hydrogen-bond donors (Lipinski definition) is 2. The summed E-state index contributed by atoms with van der Waals surface area (Å²) in [6.45, 7) is 1.77. The van der Waals surface area contributed by atoms with Gasteiger partial charge >= 0.3 is 0 Å². The van der Waals surface area contributed by atoms with Gasteiger partial charge in [-0.3, -0.25) is 9.89 Å². The molecule has 0 fully saturated rings. The lowest BCUT2D eigenvalue weighted by molar-refractivity contribution is -0.118. The van der Waals surface area contributed by atoms with Crippen LogP contribution in [0.3, 0.4) is 0 Å². The highest BCUT2D eigenvalue weighted by atomic mass is 35.5. The van der Waals surface area contributed by atoms with Crippen molar-refractivity contribution in [3.63, 3.8) is 0 Å². The zero-order chi connectivity index (χ0) is 15.5. The number of benzene rings is 1. The predicted octanol–water partition coefficient (Wildman–Crippen LogP) is 2.94. The molecule has 0 aliphatic carbocycles. The Hall–Kier alpha value is -2.60. The van der Waals surface area contributed by atoms with Crippen LogP contribution in [0, 0.1) is 6.92 Å². The molecule has 2 N–H and O–H groups in total. The van der Waals surface area contributed by atoms with E-state index in [1.807, 2.05) is 19.1 Å². The molecule has 0 atom stereocenters. The van der Waals surface area contributed by atoms with Gasteiger partial charge in [0.2, 0.25) is 0 Å². The van der Waals surface area contributed by atoms with Crippen LogP contribution >= 0.6 is 11.6 Å². The molecule has 6 nitrogen and oxygen atoms in total.